The summed E-state index contributed by atoms with van der Waals surface area (Å²) in [5.41, 5.74) is 3.49. The predicted octanol–water partition coefficient (Wildman–Crippen LogP) is 3.77. The van der Waals surface area contributed by atoms with Crippen LogP contribution >= 0.6 is 0 Å². The van der Waals surface area contributed by atoms with E-state index >= 15 is 0 Å². The van der Waals surface area contributed by atoms with Gasteiger partial charge in [0.2, 0.25) is 5.91 Å². The molecular formula is C26H28N2O5. The van der Waals surface area contributed by atoms with Crippen LogP contribution in [0.1, 0.15) is 49.7 Å². The van der Waals surface area contributed by atoms with Crippen molar-refractivity contribution in [2.75, 3.05) is 13.2 Å². The van der Waals surface area contributed by atoms with Crippen molar-refractivity contribution in [3.05, 3.63) is 59.7 Å². The lowest BCUT2D eigenvalue weighted by Gasteiger charge is -2.39. The maximum Gasteiger partial charge on any atom is 0.408 e. The molecule has 1 heterocycles. The number of rotatable bonds is 5. The van der Waals surface area contributed by atoms with Crippen molar-refractivity contribution in [2.24, 2.45) is 5.92 Å². The third kappa shape index (κ3) is 3.75. The monoisotopic (exact) mass is 448 g/mol. The Hall–Kier alpha value is -3.35. The third-order valence-electron chi connectivity index (χ3n) is 7.29. The van der Waals surface area contributed by atoms with Crippen LogP contribution in [0.25, 0.3) is 11.1 Å². The number of hydrogen-bond acceptors (Lipinski definition) is 4. The molecule has 2 N–H and O–H groups in total. The van der Waals surface area contributed by atoms with Crippen LogP contribution in [0, 0.1) is 5.92 Å². The van der Waals surface area contributed by atoms with E-state index in [4.69, 9.17) is 4.74 Å². The quantitative estimate of drug-likeness (QED) is 0.726. The van der Waals surface area contributed by atoms with Gasteiger partial charge < -0.3 is 20.1 Å². The zero-order chi connectivity index (χ0) is 23.2. The van der Waals surface area contributed by atoms with E-state index in [1.165, 1.54) is 4.90 Å². The second-order valence-electron chi connectivity index (χ2n) is 9.43. The Morgan fingerprint density at radius 1 is 1.06 bits per heavy atom. The smallest absolute Gasteiger partial charge is 0.408 e. The number of hydrogen-bond donors (Lipinski definition) is 2. The van der Waals surface area contributed by atoms with Gasteiger partial charge >= 0.3 is 12.1 Å². The molecule has 2 amide bonds. The van der Waals surface area contributed by atoms with Gasteiger partial charge in [-0.25, -0.2) is 9.59 Å². The van der Waals surface area contributed by atoms with E-state index in [1.807, 2.05) is 31.2 Å². The van der Waals surface area contributed by atoms with E-state index in [0.717, 1.165) is 35.1 Å². The second kappa shape index (κ2) is 8.21. The number of carbonyl (C=O) groups excluding carboxylic acids is 2. The van der Waals surface area contributed by atoms with Gasteiger partial charge in [0.15, 0.2) is 0 Å². The van der Waals surface area contributed by atoms with Gasteiger partial charge in [-0.1, -0.05) is 55.5 Å². The molecule has 2 aromatic carbocycles. The summed E-state index contributed by atoms with van der Waals surface area (Å²) in [6.07, 6.45) is 1.88. The van der Waals surface area contributed by atoms with E-state index in [2.05, 4.69) is 29.6 Å². The fourth-order valence-electron chi connectivity index (χ4n) is 5.41. The third-order valence-corrected chi connectivity index (χ3v) is 7.29. The normalized spacial score (nSPS) is 22.8. The summed E-state index contributed by atoms with van der Waals surface area (Å²) in [5.74, 6) is -1.48. The number of likely N-dealkylation sites (tertiary alicyclic amines) is 1. The first-order chi connectivity index (χ1) is 15.9. The molecular weight excluding hydrogens is 420 g/mol. The van der Waals surface area contributed by atoms with E-state index in [1.54, 1.807) is 0 Å². The van der Waals surface area contributed by atoms with Gasteiger partial charge in [0.05, 0.1) is 0 Å². The average molecular weight is 449 g/mol. The number of fused-ring (bicyclic) bond motifs is 3. The lowest BCUT2D eigenvalue weighted by Crippen LogP contribution is -2.59. The van der Waals surface area contributed by atoms with Crippen molar-refractivity contribution >= 4 is 18.0 Å². The molecule has 2 fully saturated rings. The summed E-state index contributed by atoms with van der Waals surface area (Å²) < 4.78 is 5.61. The van der Waals surface area contributed by atoms with Gasteiger partial charge in [-0.05, 0) is 53.9 Å². The molecule has 172 valence electrons. The molecule has 1 aliphatic heterocycles. The van der Waals surface area contributed by atoms with Gasteiger partial charge in [0.1, 0.15) is 18.2 Å². The maximum absolute atomic E-state index is 13.3. The molecule has 5 rings (SSSR count). The molecule has 7 heteroatoms. The van der Waals surface area contributed by atoms with Crippen molar-refractivity contribution in [3.8, 4) is 11.1 Å². The second-order valence-corrected chi connectivity index (χ2v) is 9.43. The highest BCUT2D eigenvalue weighted by atomic mass is 16.5. The lowest BCUT2D eigenvalue weighted by atomic mass is 9.90. The Balaban J connectivity index is 1.26. The highest BCUT2D eigenvalue weighted by molar-refractivity contribution is 5.95. The minimum absolute atomic E-state index is 0.0617. The topological polar surface area (TPSA) is 95.9 Å². The van der Waals surface area contributed by atoms with E-state index < -0.39 is 23.6 Å². The maximum atomic E-state index is 13.3. The largest absolute Gasteiger partial charge is 0.480 e. The zero-order valence-electron chi connectivity index (χ0n) is 18.6. The standard InChI is InChI=1S/C26H28N2O5/c1-16-7-6-14-28(22(16)23(29)30)24(31)26(12-13-26)27-25(32)33-15-21-19-10-4-2-8-17(19)18-9-3-5-11-20(18)21/h2-5,8-11,16,21-22H,6-7,12-15H2,1H3,(H,27,32)(H,29,30). The van der Waals surface area contributed by atoms with Gasteiger partial charge in [-0.2, -0.15) is 0 Å². The first-order valence-corrected chi connectivity index (χ1v) is 11.6. The van der Waals surface area contributed by atoms with Crippen molar-refractivity contribution in [2.45, 2.75) is 50.1 Å². The molecule has 1 saturated heterocycles. The van der Waals surface area contributed by atoms with Gasteiger partial charge in [-0.3, -0.25) is 4.79 Å². The van der Waals surface area contributed by atoms with Crippen molar-refractivity contribution in [1.29, 1.82) is 0 Å². The first-order valence-electron chi connectivity index (χ1n) is 11.6. The van der Waals surface area contributed by atoms with Crippen LogP contribution in [0.3, 0.4) is 0 Å². The highest BCUT2D eigenvalue weighted by Gasteiger charge is 2.56. The van der Waals surface area contributed by atoms with Gasteiger partial charge in [-0.15, -0.1) is 0 Å². The highest BCUT2D eigenvalue weighted by Crippen LogP contribution is 2.45. The number of nitrogens with one attached hydrogen (secondary N) is 1. The summed E-state index contributed by atoms with van der Waals surface area (Å²) in [7, 11) is 0. The van der Waals surface area contributed by atoms with Crippen molar-refractivity contribution in [3.63, 3.8) is 0 Å². The molecule has 1 saturated carbocycles. The van der Waals surface area contributed by atoms with E-state index in [-0.39, 0.29) is 24.3 Å². The number of amides is 2. The van der Waals surface area contributed by atoms with Crippen LogP contribution in [-0.2, 0) is 14.3 Å². The summed E-state index contributed by atoms with van der Waals surface area (Å²) in [5, 5.41) is 12.4. The predicted molar refractivity (Wildman–Crippen MR) is 122 cm³/mol. The molecule has 3 aliphatic rings. The number of alkyl carbamates (subject to hydrolysis) is 1. The fourth-order valence-corrected chi connectivity index (χ4v) is 5.41. The number of carboxylic acid groups (broad SMARTS) is 1. The van der Waals surface area contributed by atoms with Crippen LogP contribution in [0.15, 0.2) is 48.5 Å². The van der Waals surface area contributed by atoms with E-state index in [9.17, 15) is 19.5 Å². The van der Waals surface area contributed by atoms with Crippen LogP contribution in [0.5, 0.6) is 0 Å². The Labute approximate surface area is 192 Å². The van der Waals surface area contributed by atoms with Gasteiger partial charge in [0, 0.05) is 12.5 Å². The lowest BCUT2D eigenvalue weighted by molar-refractivity contribution is -0.156. The zero-order valence-corrected chi connectivity index (χ0v) is 18.6. The molecule has 0 spiro atoms. The van der Waals surface area contributed by atoms with Crippen LogP contribution in [-0.4, -0.2) is 52.7 Å². The Morgan fingerprint density at radius 3 is 2.24 bits per heavy atom. The molecule has 2 unspecified atom stereocenters. The number of carboxylic acids is 1. The molecule has 2 aromatic rings. The molecule has 2 aliphatic carbocycles. The number of carbonyl (C=O) groups is 3. The summed E-state index contributed by atoms with van der Waals surface area (Å²) in [6, 6.07) is 15.4. The van der Waals surface area contributed by atoms with Crippen LogP contribution in [0.4, 0.5) is 4.79 Å². The summed E-state index contributed by atoms with van der Waals surface area (Å²) in [4.78, 5) is 39.2. The number of benzene rings is 2. The molecule has 0 bridgehead atoms. The fraction of sp³-hybridized carbons (Fsp3) is 0.423. The number of aliphatic carboxylic acids is 1. The number of piperidine rings is 1. The van der Waals surface area contributed by atoms with Crippen molar-refractivity contribution < 1.29 is 24.2 Å². The minimum atomic E-state index is -1.05. The molecule has 0 radical (unpaired) electrons. The van der Waals surface area contributed by atoms with Crippen LogP contribution < -0.4 is 5.32 Å². The SMILES string of the molecule is CC1CCCN(C(=O)C2(NC(=O)OCC3c4ccccc4-c4ccccc43)CC2)C1C(=O)O. The number of nitrogens with zero attached hydrogens (tertiary/aromatic N) is 1. The van der Waals surface area contributed by atoms with E-state index in [0.29, 0.717) is 19.4 Å². The average Bonchev–Trinajstić information content (AvgIpc) is 3.52. The van der Waals surface area contributed by atoms with Gasteiger partial charge in [0.25, 0.3) is 0 Å². The molecule has 7 nitrogen and oxygen atoms in total. The molecule has 2 atom stereocenters. The van der Waals surface area contributed by atoms with Crippen LogP contribution in [0.2, 0.25) is 0 Å². The Bertz CT molecular complexity index is 1060. The summed E-state index contributed by atoms with van der Waals surface area (Å²) >= 11 is 0. The molecule has 0 aromatic heterocycles. The Morgan fingerprint density at radius 2 is 1.67 bits per heavy atom. The number of ether oxygens (including phenoxy) is 1. The summed E-state index contributed by atoms with van der Waals surface area (Å²) in [6.45, 7) is 2.42. The van der Waals surface area contributed by atoms with Crippen molar-refractivity contribution in [1.82, 2.24) is 10.2 Å². The Kier molecular flexibility index (Phi) is 5.35. The minimum Gasteiger partial charge on any atom is -0.480 e. The first kappa shape index (κ1) is 21.5. The molecule has 33 heavy (non-hydrogen) atoms.